The van der Waals surface area contributed by atoms with Crippen molar-refractivity contribution in [2.45, 2.75) is 12.5 Å². The molecule has 2 N–H and O–H groups in total. The minimum atomic E-state index is -0.156. The number of ether oxygens (including phenoxy) is 1. The van der Waals surface area contributed by atoms with Crippen LogP contribution in [0.4, 0.5) is 0 Å². The van der Waals surface area contributed by atoms with Crippen LogP contribution < -0.4 is 10.5 Å². The van der Waals surface area contributed by atoms with Gasteiger partial charge in [-0.15, -0.1) is 11.3 Å². The lowest BCUT2D eigenvalue weighted by atomic mass is 10.1. The van der Waals surface area contributed by atoms with E-state index in [-0.39, 0.29) is 6.04 Å². The maximum atomic E-state index is 8.82. The van der Waals surface area contributed by atoms with E-state index in [4.69, 9.17) is 15.7 Å². The highest BCUT2D eigenvalue weighted by molar-refractivity contribution is 7.18. The maximum Gasteiger partial charge on any atom is 0.120 e. The van der Waals surface area contributed by atoms with Gasteiger partial charge < -0.3 is 10.5 Å². The third-order valence-electron chi connectivity index (χ3n) is 3.47. The summed E-state index contributed by atoms with van der Waals surface area (Å²) in [6.07, 6.45) is 0.697. The summed E-state index contributed by atoms with van der Waals surface area (Å²) in [5.41, 5.74) is 8.98. The average molecular weight is 309 g/mol. The Morgan fingerprint density at radius 2 is 2.05 bits per heavy atom. The van der Waals surface area contributed by atoms with E-state index in [9.17, 15) is 0 Å². The SMILES string of the molecule is COc1ccc2nc([C@@H](N)Cc3ccc(C#N)cc3)sc2c1. The first kappa shape index (κ1) is 14.5. The predicted octanol–water partition coefficient (Wildman–Crippen LogP) is 3.42. The third kappa shape index (κ3) is 2.93. The van der Waals surface area contributed by atoms with Crippen molar-refractivity contribution in [3.05, 3.63) is 58.6 Å². The summed E-state index contributed by atoms with van der Waals surface area (Å²) in [4.78, 5) is 4.60. The molecule has 0 amide bonds. The molecular formula is C17H15N3OS. The van der Waals surface area contributed by atoms with Crippen molar-refractivity contribution in [2.24, 2.45) is 5.73 Å². The Morgan fingerprint density at radius 3 is 2.73 bits per heavy atom. The minimum absolute atomic E-state index is 0.156. The van der Waals surface area contributed by atoms with Crippen LogP contribution in [0.1, 0.15) is 22.2 Å². The van der Waals surface area contributed by atoms with E-state index in [2.05, 4.69) is 11.1 Å². The van der Waals surface area contributed by atoms with Crippen molar-refractivity contribution in [3.8, 4) is 11.8 Å². The van der Waals surface area contributed by atoms with Gasteiger partial charge in [-0.2, -0.15) is 5.26 Å². The molecule has 0 saturated heterocycles. The fraction of sp³-hybridized carbons (Fsp3) is 0.176. The number of nitrogens with zero attached hydrogens (tertiary/aromatic N) is 2. The second-order valence-corrected chi connectivity index (χ2v) is 6.07. The maximum absolute atomic E-state index is 8.82. The molecule has 0 radical (unpaired) electrons. The van der Waals surface area contributed by atoms with Gasteiger partial charge in [0.05, 0.1) is 35.0 Å². The Labute approximate surface area is 132 Å². The van der Waals surface area contributed by atoms with E-state index < -0.39 is 0 Å². The van der Waals surface area contributed by atoms with Crippen LogP contribution in [0.25, 0.3) is 10.2 Å². The van der Waals surface area contributed by atoms with E-state index >= 15 is 0 Å². The van der Waals surface area contributed by atoms with Crippen LogP contribution in [-0.4, -0.2) is 12.1 Å². The molecule has 110 valence electrons. The van der Waals surface area contributed by atoms with E-state index in [1.54, 1.807) is 18.4 Å². The normalized spacial score (nSPS) is 12.0. The molecule has 3 aromatic rings. The van der Waals surface area contributed by atoms with Gasteiger partial charge in [0.15, 0.2) is 0 Å². The number of aromatic nitrogens is 1. The second-order valence-electron chi connectivity index (χ2n) is 5.01. The zero-order valence-electron chi connectivity index (χ0n) is 12.1. The number of thiazole rings is 1. The van der Waals surface area contributed by atoms with Crippen molar-refractivity contribution in [1.29, 1.82) is 5.26 Å². The summed E-state index contributed by atoms with van der Waals surface area (Å²) < 4.78 is 6.30. The largest absolute Gasteiger partial charge is 0.497 e. The zero-order chi connectivity index (χ0) is 15.5. The molecule has 5 heteroatoms. The van der Waals surface area contributed by atoms with E-state index in [0.29, 0.717) is 12.0 Å². The number of benzene rings is 2. The number of nitrogens with two attached hydrogens (primary N) is 1. The molecule has 1 atom stereocenters. The van der Waals surface area contributed by atoms with Crippen molar-refractivity contribution in [3.63, 3.8) is 0 Å². The molecule has 2 aromatic carbocycles. The lowest BCUT2D eigenvalue weighted by Gasteiger charge is -2.08. The first-order valence-corrected chi connectivity index (χ1v) is 7.70. The van der Waals surface area contributed by atoms with Crippen LogP contribution >= 0.6 is 11.3 Å². The third-order valence-corrected chi connectivity index (χ3v) is 4.62. The smallest absolute Gasteiger partial charge is 0.120 e. The monoisotopic (exact) mass is 309 g/mol. The summed E-state index contributed by atoms with van der Waals surface area (Å²) in [5.74, 6) is 0.823. The Balaban J connectivity index is 1.81. The quantitative estimate of drug-likeness (QED) is 0.801. The van der Waals surface area contributed by atoms with Crippen LogP contribution in [0.2, 0.25) is 0 Å². The molecule has 22 heavy (non-hydrogen) atoms. The Kier molecular flexibility index (Phi) is 4.05. The Hall–Kier alpha value is -2.42. The van der Waals surface area contributed by atoms with Gasteiger partial charge in [0, 0.05) is 0 Å². The summed E-state index contributed by atoms with van der Waals surface area (Å²) in [7, 11) is 1.65. The highest BCUT2D eigenvalue weighted by Crippen LogP contribution is 2.29. The summed E-state index contributed by atoms with van der Waals surface area (Å²) in [6.45, 7) is 0. The van der Waals surface area contributed by atoms with Gasteiger partial charge in [0.1, 0.15) is 10.8 Å². The standard InChI is InChI=1S/C17H15N3OS/c1-21-13-6-7-15-16(9-13)22-17(20-15)14(19)8-11-2-4-12(10-18)5-3-11/h2-7,9,14H,8,19H2,1H3/t14-/m0/s1. The van der Waals surface area contributed by atoms with E-state index in [1.165, 1.54) is 0 Å². The fourth-order valence-electron chi connectivity index (χ4n) is 2.26. The van der Waals surface area contributed by atoms with Crippen LogP contribution in [0.5, 0.6) is 5.75 Å². The van der Waals surface area contributed by atoms with Crippen LogP contribution in [0.3, 0.4) is 0 Å². The summed E-state index contributed by atoms with van der Waals surface area (Å²) in [6, 6.07) is 15.3. The second kappa shape index (κ2) is 6.14. The number of methoxy groups -OCH3 is 1. The average Bonchev–Trinajstić information content (AvgIpc) is 2.98. The molecule has 0 aliphatic heterocycles. The highest BCUT2D eigenvalue weighted by atomic mass is 32.1. The van der Waals surface area contributed by atoms with Gasteiger partial charge in [0.2, 0.25) is 0 Å². The first-order valence-electron chi connectivity index (χ1n) is 6.88. The van der Waals surface area contributed by atoms with E-state index in [1.807, 2.05) is 42.5 Å². The molecule has 0 bridgehead atoms. The highest BCUT2D eigenvalue weighted by Gasteiger charge is 2.13. The molecule has 1 heterocycles. The van der Waals surface area contributed by atoms with Crippen molar-refractivity contribution in [1.82, 2.24) is 4.98 Å². The van der Waals surface area contributed by atoms with Crippen LogP contribution in [0, 0.1) is 11.3 Å². The Morgan fingerprint density at radius 1 is 1.27 bits per heavy atom. The molecule has 4 nitrogen and oxygen atoms in total. The zero-order valence-corrected chi connectivity index (χ0v) is 12.9. The lowest BCUT2D eigenvalue weighted by molar-refractivity contribution is 0.415. The van der Waals surface area contributed by atoms with Gasteiger partial charge >= 0.3 is 0 Å². The molecular weight excluding hydrogens is 294 g/mol. The first-order chi connectivity index (χ1) is 10.7. The van der Waals surface area contributed by atoms with Gasteiger partial charge in [-0.25, -0.2) is 4.98 Å². The number of nitriles is 1. The van der Waals surface area contributed by atoms with Gasteiger partial charge in [0.25, 0.3) is 0 Å². The van der Waals surface area contributed by atoms with E-state index in [0.717, 1.165) is 26.5 Å². The summed E-state index contributed by atoms with van der Waals surface area (Å²) in [5, 5.41) is 9.73. The molecule has 0 unspecified atom stereocenters. The molecule has 0 spiro atoms. The predicted molar refractivity (Wildman–Crippen MR) is 88.0 cm³/mol. The number of fused-ring (bicyclic) bond motifs is 1. The Bertz CT molecular complexity index is 833. The fourth-order valence-corrected chi connectivity index (χ4v) is 3.26. The molecule has 0 saturated carbocycles. The van der Waals surface area contributed by atoms with Crippen molar-refractivity contribution < 1.29 is 4.74 Å². The van der Waals surface area contributed by atoms with Gasteiger partial charge in [-0.05, 0) is 42.3 Å². The molecule has 3 rings (SSSR count). The minimum Gasteiger partial charge on any atom is -0.497 e. The molecule has 0 fully saturated rings. The van der Waals surface area contributed by atoms with Crippen LogP contribution in [-0.2, 0) is 6.42 Å². The number of rotatable bonds is 4. The molecule has 0 aliphatic carbocycles. The van der Waals surface area contributed by atoms with Gasteiger partial charge in [-0.1, -0.05) is 12.1 Å². The summed E-state index contributed by atoms with van der Waals surface area (Å²) >= 11 is 1.59. The van der Waals surface area contributed by atoms with Crippen LogP contribution in [0.15, 0.2) is 42.5 Å². The number of hydrogen-bond acceptors (Lipinski definition) is 5. The van der Waals surface area contributed by atoms with Crippen molar-refractivity contribution >= 4 is 21.6 Å². The number of hydrogen-bond donors (Lipinski definition) is 1. The molecule has 1 aromatic heterocycles. The van der Waals surface area contributed by atoms with Gasteiger partial charge in [-0.3, -0.25) is 0 Å². The lowest BCUT2D eigenvalue weighted by Crippen LogP contribution is -2.12. The van der Waals surface area contributed by atoms with Crippen molar-refractivity contribution in [2.75, 3.05) is 7.11 Å². The topological polar surface area (TPSA) is 71.9 Å². The molecule has 0 aliphatic rings.